The molecule has 7 nitrogen and oxygen atoms in total. The van der Waals surface area contributed by atoms with Gasteiger partial charge in [0.25, 0.3) is 0 Å². The molecule has 1 aromatic heterocycles. The number of nitrogens with two attached hydrogens (primary N) is 1. The molecule has 1 heterocycles. The van der Waals surface area contributed by atoms with Crippen LogP contribution in [0.1, 0.15) is 11.3 Å². The van der Waals surface area contributed by atoms with Crippen molar-refractivity contribution in [3.8, 4) is 5.75 Å². The predicted octanol–water partition coefficient (Wildman–Crippen LogP) is 1.46. The summed E-state index contributed by atoms with van der Waals surface area (Å²) in [5, 5.41) is 10.5. The minimum absolute atomic E-state index is 0.0612. The van der Waals surface area contributed by atoms with Gasteiger partial charge >= 0.3 is 0 Å². The third-order valence-corrected chi connectivity index (χ3v) is 3.31. The van der Waals surface area contributed by atoms with Gasteiger partial charge in [-0.15, -0.1) is 5.10 Å². The van der Waals surface area contributed by atoms with Gasteiger partial charge in [0.15, 0.2) is 0 Å². The van der Waals surface area contributed by atoms with Crippen LogP contribution in [0.3, 0.4) is 0 Å². The normalized spacial score (nSPS) is 10.5. The Morgan fingerprint density at radius 1 is 1.52 bits per heavy atom. The molecule has 2 rings (SSSR count). The second-order valence-electron chi connectivity index (χ2n) is 4.46. The van der Waals surface area contributed by atoms with E-state index >= 15 is 0 Å². The molecule has 0 bridgehead atoms. The Bertz CT molecular complexity index is 656. The second-order valence-corrected chi connectivity index (χ2v) is 5.38. The quantitative estimate of drug-likeness (QED) is 0.848. The molecule has 112 valence electrons. The number of nitrogens with zero attached hydrogens (tertiary/aromatic N) is 3. The smallest absolute Gasteiger partial charge is 0.246 e. The van der Waals surface area contributed by atoms with Crippen LogP contribution in [-0.2, 0) is 17.9 Å². The topological polar surface area (TPSA) is 95.1 Å². The highest BCUT2D eigenvalue weighted by Crippen LogP contribution is 2.32. The number of aromatic nitrogens is 3. The van der Waals surface area contributed by atoms with Crippen molar-refractivity contribution in [3.05, 3.63) is 34.1 Å². The molecule has 0 aliphatic heterocycles. The van der Waals surface area contributed by atoms with Crippen LogP contribution in [0.4, 0.5) is 5.69 Å². The first-order valence-corrected chi connectivity index (χ1v) is 7.06. The summed E-state index contributed by atoms with van der Waals surface area (Å²) < 4.78 is 7.61. The minimum Gasteiger partial charge on any atom is -0.495 e. The van der Waals surface area contributed by atoms with Crippen LogP contribution < -0.4 is 15.8 Å². The van der Waals surface area contributed by atoms with E-state index in [-0.39, 0.29) is 12.5 Å². The van der Waals surface area contributed by atoms with Gasteiger partial charge in [-0.25, -0.2) is 4.68 Å². The van der Waals surface area contributed by atoms with Gasteiger partial charge in [0, 0.05) is 11.0 Å². The van der Waals surface area contributed by atoms with Crippen molar-refractivity contribution >= 4 is 27.5 Å². The molecule has 0 radical (unpaired) electrons. The second kappa shape index (κ2) is 6.68. The van der Waals surface area contributed by atoms with Crippen molar-refractivity contribution < 1.29 is 9.53 Å². The third-order valence-electron chi connectivity index (χ3n) is 2.85. The Labute approximate surface area is 130 Å². The molecule has 8 heteroatoms. The van der Waals surface area contributed by atoms with Gasteiger partial charge in [-0.05, 0) is 24.6 Å². The molecule has 0 aliphatic rings. The average Bonchev–Trinajstić information content (AvgIpc) is 2.89. The first-order valence-electron chi connectivity index (χ1n) is 6.26. The molecule has 3 N–H and O–H groups in total. The van der Waals surface area contributed by atoms with Crippen LogP contribution in [0, 0.1) is 6.92 Å². The maximum absolute atomic E-state index is 12.1. The van der Waals surface area contributed by atoms with Gasteiger partial charge in [0.05, 0.1) is 24.7 Å². The van der Waals surface area contributed by atoms with Crippen molar-refractivity contribution in [1.29, 1.82) is 0 Å². The van der Waals surface area contributed by atoms with Gasteiger partial charge in [0.2, 0.25) is 5.91 Å². The fourth-order valence-electron chi connectivity index (χ4n) is 1.87. The van der Waals surface area contributed by atoms with E-state index in [1.165, 1.54) is 4.68 Å². The summed E-state index contributed by atoms with van der Waals surface area (Å²) in [5.41, 5.74) is 7.63. The number of methoxy groups -OCH3 is 1. The van der Waals surface area contributed by atoms with E-state index < -0.39 is 0 Å². The molecule has 0 saturated carbocycles. The summed E-state index contributed by atoms with van der Waals surface area (Å²) >= 11 is 3.39. The number of benzene rings is 1. The van der Waals surface area contributed by atoms with Crippen LogP contribution in [0.15, 0.2) is 22.8 Å². The van der Waals surface area contributed by atoms with E-state index in [1.54, 1.807) is 19.4 Å². The van der Waals surface area contributed by atoms with Gasteiger partial charge in [-0.3, -0.25) is 4.79 Å². The zero-order chi connectivity index (χ0) is 15.4. The van der Waals surface area contributed by atoms with E-state index in [4.69, 9.17) is 10.5 Å². The number of amides is 1. The number of hydrogen-bond acceptors (Lipinski definition) is 5. The van der Waals surface area contributed by atoms with Crippen LogP contribution in [0.25, 0.3) is 0 Å². The van der Waals surface area contributed by atoms with Crippen LogP contribution in [-0.4, -0.2) is 28.0 Å². The zero-order valence-corrected chi connectivity index (χ0v) is 13.3. The Hall–Kier alpha value is -1.93. The Kier molecular flexibility index (Phi) is 4.92. The number of anilines is 1. The first kappa shape index (κ1) is 15.5. The van der Waals surface area contributed by atoms with Crippen molar-refractivity contribution in [2.75, 3.05) is 12.4 Å². The number of aryl methyl sites for hydroxylation is 1. The summed E-state index contributed by atoms with van der Waals surface area (Å²) in [5.74, 6) is 0.378. The highest BCUT2D eigenvalue weighted by Gasteiger charge is 2.12. The largest absolute Gasteiger partial charge is 0.495 e. The third kappa shape index (κ3) is 3.79. The zero-order valence-electron chi connectivity index (χ0n) is 11.8. The Balaban J connectivity index is 2.12. The van der Waals surface area contributed by atoms with Crippen LogP contribution in [0.5, 0.6) is 5.75 Å². The van der Waals surface area contributed by atoms with Crippen molar-refractivity contribution in [2.24, 2.45) is 5.73 Å². The Morgan fingerprint density at radius 2 is 2.29 bits per heavy atom. The fraction of sp³-hybridized carbons (Fsp3) is 0.308. The molecule has 21 heavy (non-hydrogen) atoms. The highest BCUT2D eigenvalue weighted by atomic mass is 79.9. The van der Waals surface area contributed by atoms with E-state index in [1.807, 2.05) is 13.0 Å². The average molecular weight is 354 g/mol. The number of rotatable bonds is 5. The van der Waals surface area contributed by atoms with E-state index in [0.717, 1.165) is 10.0 Å². The van der Waals surface area contributed by atoms with Gasteiger partial charge < -0.3 is 15.8 Å². The van der Waals surface area contributed by atoms with Crippen LogP contribution in [0.2, 0.25) is 0 Å². The Morgan fingerprint density at radius 3 is 2.90 bits per heavy atom. The summed E-state index contributed by atoms with van der Waals surface area (Å²) in [6, 6.07) is 3.70. The molecule has 0 atom stereocenters. The van der Waals surface area contributed by atoms with Crippen molar-refractivity contribution in [1.82, 2.24) is 15.0 Å². The lowest BCUT2D eigenvalue weighted by atomic mass is 10.2. The molecule has 0 unspecified atom stereocenters. The van der Waals surface area contributed by atoms with Crippen LogP contribution >= 0.6 is 15.9 Å². The first-order chi connectivity index (χ1) is 10.0. The lowest BCUT2D eigenvalue weighted by molar-refractivity contribution is -0.116. The maximum Gasteiger partial charge on any atom is 0.246 e. The summed E-state index contributed by atoms with van der Waals surface area (Å²) in [6.07, 6.45) is 1.64. The lowest BCUT2D eigenvalue weighted by Gasteiger charge is -2.13. The molecule has 0 fully saturated rings. The summed E-state index contributed by atoms with van der Waals surface area (Å²) in [6.45, 7) is 2.25. The minimum atomic E-state index is -0.216. The molecule has 0 aliphatic carbocycles. The summed E-state index contributed by atoms with van der Waals surface area (Å²) in [4.78, 5) is 12.1. The number of ether oxygens (including phenoxy) is 1. The number of carbonyl (C=O) groups excluding carboxylic acids is 1. The van der Waals surface area contributed by atoms with E-state index in [0.29, 0.717) is 23.7 Å². The predicted molar refractivity (Wildman–Crippen MR) is 82.0 cm³/mol. The van der Waals surface area contributed by atoms with Crippen molar-refractivity contribution in [2.45, 2.75) is 20.0 Å². The van der Waals surface area contributed by atoms with Crippen molar-refractivity contribution in [3.63, 3.8) is 0 Å². The number of hydrogen-bond donors (Lipinski definition) is 2. The standard InChI is InChI=1S/C13H16BrN5O2/c1-8-3-9(14)4-11(21-2)13(8)16-12(20)7-19-6-10(5-15)17-18-19/h3-4,6H,5,7,15H2,1-2H3,(H,16,20). The lowest BCUT2D eigenvalue weighted by Crippen LogP contribution is -2.20. The fourth-order valence-corrected chi connectivity index (χ4v) is 2.42. The maximum atomic E-state index is 12.1. The monoisotopic (exact) mass is 353 g/mol. The molecule has 2 aromatic rings. The number of nitrogens with one attached hydrogen (secondary N) is 1. The molecule has 0 spiro atoms. The van der Waals surface area contributed by atoms with Gasteiger partial charge in [0.1, 0.15) is 12.3 Å². The van der Waals surface area contributed by atoms with Gasteiger partial charge in [-0.1, -0.05) is 21.1 Å². The number of halogens is 1. The van der Waals surface area contributed by atoms with Gasteiger partial charge in [-0.2, -0.15) is 0 Å². The highest BCUT2D eigenvalue weighted by molar-refractivity contribution is 9.10. The summed E-state index contributed by atoms with van der Waals surface area (Å²) in [7, 11) is 1.56. The van der Waals surface area contributed by atoms with E-state index in [2.05, 4.69) is 31.6 Å². The molecular formula is C13H16BrN5O2. The SMILES string of the molecule is COc1cc(Br)cc(C)c1NC(=O)Cn1cc(CN)nn1. The molecule has 0 saturated heterocycles. The molecular weight excluding hydrogens is 338 g/mol. The molecule has 1 amide bonds. The van der Waals surface area contributed by atoms with E-state index in [9.17, 15) is 4.79 Å². The number of carbonyl (C=O) groups is 1. The molecule has 1 aromatic carbocycles.